The van der Waals surface area contributed by atoms with Gasteiger partial charge in [-0.2, -0.15) is 0 Å². The van der Waals surface area contributed by atoms with Crippen molar-refractivity contribution in [2.45, 2.75) is 50.7 Å². The molecule has 0 aromatic carbocycles. The summed E-state index contributed by atoms with van der Waals surface area (Å²) in [6.45, 7) is 4.78. The van der Waals surface area contributed by atoms with Crippen LogP contribution in [0.5, 0.6) is 0 Å². The van der Waals surface area contributed by atoms with Gasteiger partial charge in [-0.05, 0) is 37.7 Å². The standard InChI is InChI=1S/C22H29N5O3/c1-3-19(28)27-9-8-14(18(13-27)30-2)10-16-11-23-21-20(25-16)17(12-24-21)22(29)26-15-6-4-5-7-15/h3,11-12,14-15,18H,1,4-10,13H2,2H3,(H,23,24)(H,26,29)/t14-,18-/m0/s1. The molecule has 2 aromatic heterocycles. The van der Waals surface area contributed by atoms with Gasteiger partial charge in [0.15, 0.2) is 5.65 Å². The summed E-state index contributed by atoms with van der Waals surface area (Å²) in [6.07, 6.45) is 10.6. The third-order valence-corrected chi connectivity index (χ3v) is 6.32. The van der Waals surface area contributed by atoms with Crippen LogP contribution in [0.25, 0.3) is 11.2 Å². The largest absolute Gasteiger partial charge is 0.379 e. The first kappa shape index (κ1) is 20.5. The van der Waals surface area contributed by atoms with E-state index >= 15 is 0 Å². The summed E-state index contributed by atoms with van der Waals surface area (Å²) in [6, 6.07) is 0.254. The van der Waals surface area contributed by atoms with Gasteiger partial charge in [0.05, 0.1) is 23.6 Å². The molecule has 1 aliphatic heterocycles. The SMILES string of the molecule is C=CC(=O)N1CC[C@@H](Cc2cnc3[nH]cc(C(=O)NC4CCCC4)c3n2)[C@@H](OC)C1. The maximum Gasteiger partial charge on any atom is 0.255 e. The minimum atomic E-state index is -0.0920. The lowest BCUT2D eigenvalue weighted by Gasteiger charge is -2.37. The number of fused-ring (bicyclic) bond motifs is 1. The predicted molar refractivity (Wildman–Crippen MR) is 113 cm³/mol. The Morgan fingerprint density at radius 2 is 2.17 bits per heavy atom. The Labute approximate surface area is 176 Å². The Hall–Kier alpha value is -2.74. The van der Waals surface area contributed by atoms with Gasteiger partial charge in [-0.25, -0.2) is 9.97 Å². The monoisotopic (exact) mass is 411 g/mol. The molecule has 1 saturated carbocycles. The van der Waals surface area contributed by atoms with Gasteiger partial charge >= 0.3 is 0 Å². The van der Waals surface area contributed by atoms with Gasteiger partial charge in [-0.15, -0.1) is 0 Å². The zero-order valence-electron chi connectivity index (χ0n) is 17.4. The Balaban J connectivity index is 1.48. The van der Waals surface area contributed by atoms with E-state index in [1.807, 2.05) is 0 Å². The van der Waals surface area contributed by atoms with Gasteiger partial charge in [0.1, 0.15) is 5.52 Å². The van der Waals surface area contributed by atoms with E-state index in [0.29, 0.717) is 36.2 Å². The van der Waals surface area contributed by atoms with Crippen molar-refractivity contribution < 1.29 is 14.3 Å². The van der Waals surface area contributed by atoms with Crippen LogP contribution in [0.15, 0.2) is 25.0 Å². The lowest BCUT2D eigenvalue weighted by Crippen LogP contribution is -2.47. The summed E-state index contributed by atoms with van der Waals surface area (Å²) in [5.41, 5.74) is 2.59. The van der Waals surface area contributed by atoms with E-state index in [1.165, 1.54) is 18.9 Å². The number of methoxy groups -OCH3 is 1. The zero-order valence-corrected chi connectivity index (χ0v) is 17.4. The van der Waals surface area contributed by atoms with E-state index in [0.717, 1.165) is 25.0 Å². The number of hydrogen-bond acceptors (Lipinski definition) is 5. The quantitative estimate of drug-likeness (QED) is 0.710. The number of carbonyl (C=O) groups excluding carboxylic acids is 2. The van der Waals surface area contributed by atoms with Crippen molar-refractivity contribution in [3.8, 4) is 0 Å². The lowest BCUT2D eigenvalue weighted by molar-refractivity contribution is -0.131. The minimum Gasteiger partial charge on any atom is -0.379 e. The van der Waals surface area contributed by atoms with Crippen molar-refractivity contribution in [2.24, 2.45) is 5.92 Å². The van der Waals surface area contributed by atoms with Crippen LogP contribution in [0.3, 0.4) is 0 Å². The van der Waals surface area contributed by atoms with Crippen molar-refractivity contribution >= 4 is 23.0 Å². The first-order valence-electron chi connectivity index (χ1n) is 10.7. The Morgan fingerprint density at radius 1 is 1.37 bits per heavy atom. The van der Waals surface area contributed by atoms with E-state index in [1.54, 1.807) is 24.4 Å². The second kappa shape index (κ2) is 8.95. The summed E-state index contributed by atoms with van der Waals surface area (Å²) < 4.78 is 5.66. The fraction of sp³-hybridized carbons (Fsp3) is 0.545. The Bertz CT molecular complexity index is 934. The second-order valence-corrected chi connectivity index (χ2v) is 8.23. The highest BCUT2D eigenvalue weighted by Gasteiger charge is 2.31. The summed E-state index contributed by atoms with van der Waals surface area (Å²) in [5, 5.41) is 3.12. The maximum atomic E-state index is 12.7. The molecule has 4 rings (SSSR count). The maximum absolute atomic E-state index is 12.7. The first-order chi connectivity index (χ1) is 14.6. The number of aromatic amines is 1. The molecule has 0 unspecified atom stereocenters. The zero-order chi connectivity index (χ0) is 21.1. The number of carbonyl (C=O) groups is 2. The van der Waals surface area contributed by atoms with Crippen molar-refractivity contribution in [1.29, 1.82) is 0 Å². The minimum absolute atomic E-state index is 0.0676. The van der Waals surface area contributed by atoms with Gasteiger partial charge in [-0.3, -0.25) is 9.59 Å². The van der Waals surface area contributed by atoms with Crippen LogP contribution < -0.4 is 5.32 Å². The molecule has 160 valence electrons. The molecule has 8 heteroatoms. The molecule has 0 bridgehead atoms. The highest BCUT2D eigenvalue weighted by molar-refractivity contribution is 6.04. The summed E-state index contributed by atoms with van der Waals surface area (Å²) in [7, 11) is 1.67. The van der Waals surface area contributed by atoms with E-state index in [2.05, 4.69) is 21.9 Å². The highest BCUT2D eigenvalue weighted by Crippen LogP contribution is 2.25. The molecule has 2 aliphatic rings. The van der Waals surface area contributed by atoms with Crippen LogP contribution in [-0.4, -0.2) is 64.0 Å². The number of nitrogens with one attached hydrogen (secondary N) is 2. The van der Waals surface area contributed by atoms with E-state index in [-0.39, 0.29) is 29.9 Å². The first-order valence-corrected chi connectivity index (χ1v) is 10.7. The van der Waals surface area contributed by atoms with Crippen molar-refractivity contribution in [2.75, 3.05) is 20.2 Å². The van der Waals surface area contributed by atoms with Gasteiger partial charge in [0, 0.05) is 32.4 Å². The van der Waals surface area contributed by atoms with Crippen molar-refractivity contribution in [1.82, 2.24) is 25.2 Å². The molecule has 30 heavy (non-hydrogen) atoms. The Morgan fingerprint density at radius 3 is 2.90 bits per heavy atom. The number of rotatable bonds is 6. The molecule has 0 spiro atoms. The van der Waals surface area contributed by atoms with Crippen LogP contribution in [0, 0.1) is 5.92 Å². The van der Waals surface area contributed by atoms with Crippen LogP contribution >= 0.6 is 0 Å². The molecule has 8 nitrogen and oxygen atoms in total. The number of hydrogen-bond donors (Lipinski definition) is 2. The topological polar surface area (TPSA) is 100 Å². The van der Waals surface area contributed by atoms with Gasteiger partial charge in [0.25, 0.3) is 5.91 Å². The fourth-order valence-electron chi connectivity index (χ4n) is 4.60. The number of aromatic nitrogens is 3. The van der Waals surface area contributed by atoms with E-state index in [4.69, 9.17) is 9.72 Å². The molecule has 2 aromatic rings. The summed E-state index contributed by atoms with van der Waals surface area (Å²) >= 11 is 0. The molecular weight excluding hydrogens is 382 g/mol. The average Bonchev–Trinajstić information content (AvgIpc) is 3.42. The molecule has 1 saturated heterocycles. The van der Waals surface area contributed by atoms with Crippen molar-refractivity contribution in [3.05, 3.63) is 36.3 Å². The molecule has 2 atom stereocenters. The van der Waals surface area contributed by atoms with Gasteiger partial charge in [0.2, 0.25) is 5.91 Å². The smallest absolute Gasteiger partial charge is 0.255 e. The normalized spacial score (nSPS) is 22.4. The fourth-order valence-corrected chi connectivity index (χ4v) is 4.60. The van der Waals surface area contributed by atoms with Gasteiger partial charge in [-0.1, -0.05) is 19.4 Å². The number of amides is 2. The Kier molecular flexibility index (Phi) is 6.13. The third-order valence-electron chi connectivity index (χ3n) is 6.32. The number of nitrogens with zero attached hydrogens (tertiary/aromatic N) is 3. The van der Waals surface area contributed by atoms with E-state index < -0.39 is 0 Å². The molecular formula is C22H29N5O3. The lowest BCUT2D eigenvalue weighted by atomic mass is 9.89. The predicted octanol–water partition coefficient (Wildman–Crippen LogP) is 2.22. The van der Waals surface area contributed by atoms with Crippen molar-refractivity contribution in [3.63, 3.8) is 0 Å². The molecule has 2 fully saturated rings. The molecule has 2 amide bonds. The average molecular weight is 412 g/mol. The second-order valence-electron chi connectivity index (χ2n) is 8.23. The number of H-pyrrole nitrogens is 1. The number of likely N-dealkylation sites (tertiary alicyclic amines) is 1. The third kappa shape index (κ3) is 4.23. The molecule has 1 aliphatic carbocycles. The van der Waals surface area contributed by atoms with Crippen LogP contribution in [0.4, 0.5) is 0 Å². The van der Waals surface area contributed by atoms with Crippen LogP contribution in [0.1, 0.15) is 48.2 Å². The van der Waals surface area contributed by atoms with Crippen LogP contribution in [0.2, 0.25) is 0 Å². The van der Waals surface area contributed by atoms with Gasteiger partial charge < -0.3 is 19.9 Å². The summed E-state index contributed by atoms with van der Waals surface area (Å²) in [4.78, 5) is 38.7. The number of ether oxygens (including phenoxy) is 1. The molecule has 3 heterocycles. The number of piperidine rings is 1. The molecule has 0 radical (unpaired) electrons. The molecule has 2 N–H and O–H groups in total. The van der Waals surface area contributed by atoms with Crippen LogP contribution in [-0.2, 0) is 16.0 Å². The summed E-state index contributed by atoms with van der Waals surface area (Å²) in [5.74, 6) is 0.0675. The van der Waals surface area contributed by atoms with E-state index in [9.17, 15) is 9.59 Å². The highest BCUT2D eigenvalue weighted by atomic mass is 16.5.